The fourth-order valence-electron chi connectivity index (χ4n) is 1.90. The molecule has 0 atom stereocenters. The largest absolute Gasteiger partial charge is 0.394 e. The number of rotatable bonds is 7. The average molecular weight is 221 g/mol. The van der Waals surface area contributed by atoms with E-state index < -0.39 is 0 Å². The Morgan fingerprint density at radius 3 is 2.25 bits per heavy atom. The van der Waals surface area contributed by atoms with E-state index in [1.54, 1.807) is 0 Å². The summed E-state index contributed by atoms with van der Waals surface area (Å²) in [5.41, 5.74) is 1.25. The van der Waals surface area contributed by atoms with Gasteiger partial charge in [0.25, 0.3) is 0 Å². The van der Waals surface area contributed by atoms with Crippen LogP contribution in [0.15, 0.2) is 30.3 Å². The first-order chi connectivity index (χ1) is 7.76. The zero-order valence-corrected chi connectivity index (χ0v) is 10.4. The van der Waals surface area contributed by atoms with Crippen molar-refractivity contribution in [2.45, 2.75) is 38.6 Å². The SMILES string of the molecule is CCC(CC)(CO)NCCc1ccccc1. The van der Waals surface area contributed by atoms with Crippen molar-refractivity contribution in [1.82, 2.24) is 5.32 Å². The standard InChI is InChI=1S/C14H23NO/c1-3-14(4-2,12-16)15-11-10-13-8-6-5-7-9-13/h5-9,15-16H,3-4,10-12H2,1-2H3. The summed E-state index contributed by atoms with van der Waals surface area (Å²) in [6, 6.07) is 10.4. The molecular weight excluding hydrogens is 198 g/mol. The maximum Gasteiger partial charge on any atom is 0.0613 e. The average Bonchev–Trinajstić information content (AvgIpc) is 2.37. The molecule has 1 rings (SSSR count). The Kier molecular flexibility index (Phi) is 5.50. The van der Waals surface area contributed by atoms with Crippen molar-refractivity contribution in [3.05, 3.63) is 35.9 Å². The van der Waals surface area contributed by atoms with Gasteiger partial charge in [0.15, 0.2) is 0 Å². The van der Waals surface area contributed by atoms with Crippen LogP contribution in [0, 0.1) is 0 Å². The minimum Gasteiger partial charge on any atom is -0.394 e. The Morgan fingerprint density at radius 1 is 1.12 bits per heavy atom. The molecule has 1 aromatic carbocycles. The molecule has 0 heterocycles. The third-order valence-corrected chi connectivity index (χ3v) is 3.41. The maximum absolute atomic E-state index is 9.41. The van der Waals surface area contributed by atoms with Crippen LogP contribution in [-0.4, -0.2) is 23.8 Å². The molecule has 2 heteroatoms. The van der Waals surface area contributed by atoms with Crippen molar-refractivity contribution in [2.24, 2.45) is 0 Å². The summed E-state index contributed by atoms with van der Waals surface area (Å²) in [4.78, 5) is 0. The molecule has 0 saturated heterocycles. The van der Waals surface area contributed by atoms with Crippen LogP contribution < -0.4 is 5.32 Å². The summed E-state index contributed by atoms with van der Waals surface area (Å²) < 4.78 is 0. The smallest absolute Gasteiger partial charge is 0.0613 e. The first-order valence-corrected chi connectivity index (χ1v) is 6.16. The summed E-state index contributed by atoms with van der Waals surface area (Å²) >= 11 is 0. The minimum absolute atomic E-state index is 0.0885. The monoisotopic (exact) mass is 221 g/mol. The summed E-state index contributed by atoms with van der Waals surface area (Å²) in [6.45, 7) is 5.38. The van der Waals surface area contributed by atoms with Crippen LogP contribution in [-0.2, 0) is 6.42 Å². The summed E-state index contributed by atoms with van der Waals surface area (Å²) in [6.07, 6.45) is 2.95. The van der Waals surface area contributed by atoms with Gasteiger partial charge >= 0.3 is 0 Å². The van der Waals surface area contributed by atoms with Gasteiger partial charge in [-0.2, -0.15) is 0 Å². The molecule has 2 N–H and O–H groups in total. The zero-order chi connectivity index (χ0) is 11.9. The molecular formula is C14H23NO. The highest BCUT2D eigenvalue weighted by atomic mass is 16.3. The maximum atomic E-state index is 9.41. The third kappa shape index (κ3) is 3.62. The molecule has 2 nitrogen and oxygen atoms in total. The Hall–Kier alpha value is -0.860. The van der Waals surface area contributed by atoms with E-state index in [0.717, 1.165) is 25.8 Å². The van der Waals surface area contributed by atoms with Gasteiger partial charge in [-0.1, -0.05) is 44.2 Å². The summed E-state index contributed by atoms with van der Waals surface area (Å²) in [5, 5.41) is 12.9. The predicted octanol–water partition coefficient (Wildman–Crippen LogP) is 2.37. The van der Waals surface area contributed by atoms with E-state index in [9.17, 15) is 5.11 Å². The van der Waals surface area contributed by atoms with Gasteiger partial charge in [-0.25, -0.2) is 0 Å². The molecule has 0 bridgehead atoms. The molecule has 0 fully saturated rings. The lowest BCUT2D eigenvalue weighted by Gasteiger charge is -2.31. The highest BCUT2D eigenvalue weighted by Crippen LogP contribution is 2.13. The van der Waals surface area contributed by atoms with Gasteiger partial charge in [0, 0.05) is 5.54 Å². The van der Waals surface area contributed by atoms with Gasteiger partial charge in [-0.3, -0.25) is 0 Å². The topological polar surface area (TPSA) is 32.3 Å². The third-order valence-electron chi connectivity index (χ3n) is 3.41. The molecule has 0 saturated carbocycles. The lowest BCUT2D eigenvalue weighted by atomic mass is 9.93. The van der Waals surface area contributed by atoms with Gasteiger partial charge in [-0.15, -0.1) is 0 Å². The van der Waals surface area contributed by atoms with Crippen molar-refractivity contribution in [1.29, 1.82) is 0 Å². The van der Waals surface area contributed by atoms with E-state index in [2.05, 4.69) is 43.4 Å². The molecule has 0 aliphatic heterocycles. The van der Waals surface area contributed by atoms with Crippen molar-refractivity contribution in [3.63, 3.8) is 0 Å². The predicted molar refractivity (Wildman–Crippen MR) is 68.5 cm³/mol. The number of aliphatic hydroxyl groups is 1. The quantitative estimate of drug-likeness (QED) is 0.741. The van der Waals surface area contributed by atoms with Gasteiger partial charge in [-0.05, 0) is 31.4 Å². The Labute approximate surface area is 98.7 Å². The first-order valence-electron chi connectivity index (χ1n) is 6.16. The second-order valence-corrected chi connectivity index (χ2v) is 4.31. The van der Waals surface area contributed by atoms with Crippen LogP contribution in [0.5, 0.6) is 0 Å². The van der Waals surface area contributed by atoms with Crippen LogP contribution in [0.3, 0.4) is 0 Å². The molecule has 0 radical (unpaired) electrons. The molecule has 0 amide bonds. The molecule has 1 aromatic rings. The molecule has 16 heavy (non-hydrogen) atoms. The van der Waals surface area contributed by atoms with E-state index in [1.807, 2.05) is 6.07 Å². The van der Waals surface area contributed by atoms with Crippen LogP contribution in [0.2, 0.25) is 0 Å². The van der Waals surface area contributed by atoms with Gasteiger partial charge in [0.05, 0.1) is 6.61 Å². The molecule has 0 unspecified atom stereocenters. The van der Waals surface area contributed by atoms with Crippen molar-refractivity contribution >= 4 is 0 Å². The van der Waals surface area contributed by atoms with Gasteiger partial charge < -0.3 is 10.4 Å². The normalized spacial score (nSPS) is 11.7. The number of benzene rings is 1. The van der Waals surface area contributed by atoms with Crippen molar-refractivity contribution in [2.75, 3.05) is 13.2 Å². The lowest BCUT2D eigenvalue weighted by Crippen LogP contribution is -2.48. The minimum atomic E-state index is -0.0885. The van der Waals surface area contributed by atoms with E-state index in [1.165, 1.54) is 5.56 Å². The Balaban J connectivity index is 2.39. The highest BCUT2D eigenvalue weighted by molar-refractivity contribution is 5.14. The van der Waals surface area contributed by atoms with Gasteiger partial charge in [0.1, 0.15) is 0 Å². The molecule has 0 aromatic heterocycles. The van der Waals surface area contributed by atoms with E-state index in [0.29, 0.717) is 0 Å². The lowest BCUT2D eigenvalue weighted by molar-refractivity contribution is 0.152. The molecule has 90 valence electrons. The van der Waals surface area contributed by atoms with Crippen LogP contribution in [0.1, 0.15) is 32.3 Å². The molecule has 0 aliphatic carbocycles. The van der Waals surface area contributed by atoms with E-state index in [4.69, 9.17) is 0 Å². The number of hydrogen-bond donors (Lipinski definition) is 2. The fraction of sp³-hybridized carbons (Fsp3) is 0.571. The molecule has 0 spiro atoms. The van der Waals surface area contributed by atoms with Crippen LogP contribution in [0.25, 0.3) is 0 Å². The second-order valence-electron chi connectivity index (χ2n) is 4.31. The zero-order valence-electron chi connectivity index (χ0n) is 10.4. The fourth-order valence-corrected chi connectivity index (χ4v) is 1.90. The Morgan fingerprint density at radius 2 is 1.75 bits per heavy atom. The van der Waals surface area contributed by atoms with Crippen molar-refractivity contribution < 1.29 is 5.11 Å². The molecule has 0 aliphatic rings. The van der Waals surface area contributed by atoms with Gasteiger partial charge in [0.2, 0.25) is 0 Å². The highest BCUT2D eigenvalue weighted by Gasteiger charge is 2.23. The second kappa shape index (κ2) is 6.66. The van der Waals surface area contributed by atoms with Crippen LogP contribution >= 0.6 is 0 Å². The summed E-state index contributed by atoms with van der Waals surface area (Å²) in [5.74, 6) is 0. The number of nitrogens with one attached hydrogen (secondary N) is 1. The Bertz CT molecular complexity index is 272. The van der Waals surface area contributed by atoms with E-state index >= 15 is 0 Å². The summed E-state index contributed by atoms with van der Waals surface area (Å²) in [7, 11) is 0. The van der Waals surface area contributed by atoms with Crippen LogP contribution in [0.4, 0.5) is 0 Å². The van der Waals surface area contributed by atoms with Crippen molar-refractivity contribution in [3.8, 4) is 0 Å². The van der Waals surface area contributed by atoms with E-state index in [-0.39, 0.29) is 12.1 Å². The number of aliphatic hydroxyl groups excluding tert-OH is 1. The number of hydrogen-bond acceptors (Lipinski definition) is 2. The first kappa shape index (κ1) is 13.2.